The summed E-state index contributed by atoms with van der Waals surface area (Å²) in [5.74, 6) is -4.95. The molecule has 6 nitrogen and oxygen atoms in total. The number of carbonyl (C=O) groups excluding carboxylic acids is 1. The van der Waals surface area contributed by atoms with Crippen LogP contribution in [0.2, 0.25) is 0 Å². The highest BCUT2D eigenvalue weighted by Gasteiger charge is 2.47. The van der Waals surface area contributed by atoms with Crippen molar-refractivity contribution in [3.8, 4) is 0 Å². The van der Waals surface area contributed by atoms with Crippen molar-refractivity contribution in [1.29, 1.82) is 0 Å². The summed E-state index contributed by atoms with van der Waals surface area (Å²) in [6.45, 7) is 2.50. The second kappa shape index (κ2) is 7.08. The fourth-order valence-corrected chi connectivity index (χ4v) is 2.66. The Morgan fingerprint density at radius 2 is 1.96 bits per heavy atom. The maximum Gasteiger partial charge on any atom is 0.410 e. The molecule has 0 spiro atoms. The molecule has 1 aromatic rings. The first-order valence-corrected chi connectivity index (χ1v) is 8.17. The first kappa shape index (κ1) is 21.1. The molecule has 1 aromatic heterocycles. The average molecular weight is 397 g/mol. The van der Waals surface area contributed by atoms with E-state index in [0.717, 1.165) is 4.90 Å². The van der Waals surface area contributed by atoms with Gasteiger partial charge in [-0.1, -0.05) is 0 Å². The number of hydrogen-bond donors (Lipinski definition) is 0. The molecule has 1 atom stereocenters. The number of nitrogens with zero attached hydrogens (tertiary/aromatic N) is 3. The first-order valence-electron chi connectivity index (χ1n) is 8.17. The fourth-order valence-electron chi connectivity index (χ4n) is 2.66. The zero-order chi connectivity index (χ0) is 20.6. The zero-order valence-corrected chi connectivity index (χ0v) is 15.0. The van der Waals surface area contributed by atoms with Crippen molar-refractivity contribution < 1.29 is 31.5 Å². The number of aromatic nitrogens is 2. The maximum atomic E-state index is 14.4. The van der Waals surface area contributed by atoms with Gasteiger partial charge in [0.2, 0.25) is 0 Å². The predicted molar refractivity (Wildman–Crippen MR) is 84.7 cm³/mol. The Labute approximate surface area is 151 Å². The molecule has 1 fully saturated rings. The molecule has 1 aliphatic rings. The van der Waals surface area contributed by atoms with E-state index in [2.05, 4.69) is 4.98 Å². The van der Waals surface area contributed by atoms with Gasteiger partial charge in [0.25, 0.3) is 11.5 Å². The van der Waals surface area contributed by atoms with Crippen LogP contribution in [0.3, 0.4) is 0 Å². The summed E-state index contributed by atoms with van der Waals surface area (Å²) in [5.41, 5.74) is -2.28. The van der Waals surface area contributed by atoms with Crippen molar-refractivity contribution in [2.24, 2.45) is 0 Å². The Balaban J connectivity index is 2.30. The number of carbonyl (C=O) groups is 1. The molecular formula is C16H20F5N3O3. The molecule has 1 unspecified atom stereocenters. The standard InChI is InChI=1S/C16H20F5N3O3/c1-14(2,3)27-13(26)23-5-4-15(17,18)10(7-23)11-8-24(9-16(19,20)21)12(25)6-22-11/h6,8,10H,4-5,7,9H2,1-3H3. The lowest BCUT2D eigenvalue weighted by Gasteiger charge is -2.38. The van der Waals surface area contributed by atoms with Gasteiger partial charge in [0, 0.05) is 25.7 Å². The van der Waals surface area contributed by atoms with Crippen LogP contribution in [0.15, 0.2) is 17.2 Å². The number of halogens is 5. The monoisotopic (exact) mass is 397 g/mol. The molecule has 152 valence electrons. The maximum absolute atomic E-state index is 14.4. The molecule has 0 radical (unpaired) electrons. The third kappa shape index (κ3) is 5.64. The molecule has 1 amide bonds. The molecule has 0 bridgehead atoms. The van der Waals surface area contributed by atoms with Crippen LogP contribution < -0.4 is 5.56 Å². The number of amides is 1. The summed E-state index contributed by atoms with van der Waals surface area (Å²) in [5, 5.41) is 0. The third-order valence-corrected chi connectivity index (χ3v) is 3.88. The van der Waals surface area contributed by atoms with Gasteiger partial charge in [-0.3, -0.25) is 9.78 Å². The highest BCUT2D eigenvalue weighted by Crippen LogP contribution is 2.39. The number of hydrogen-bond acceptors (Lipinski definition) is 4. The normalized spacial score (nSPS) is 20.4. The van der Waals surface area contributed by atoms with E-state index in [9.17, 15) is 31.5 Å². The molecule has 1 saturated heterocycles. The minimum Gasteiger partial charge on any atom is -0.444 e. The van der Waals surface area contributed by atoms with Crippen molar-refractivity contribution in [2.45, 2.75) is 57.4 Å². The molecular weight excluding hydrogens is 377 g/mol. The second-order valence-corrected chi connectivity index (χ2v) is 7.38. The van der Waals surface area contributed by atoms with Gasteiger partial charge in [0.1, 0.15) is 12.1 Å². The number of alkyl halides is 5. The molecule has 0 N–H and O–H groups in total. The minimum absolute atomic E-state index is 0.263. The Bertz CT molecular complexity index is 755. The lowest BCUT2D eigenvalue weighted by atomic mass is 9.91. The molecule has 11 heteroatoms. The number of ether oxygens (including phenoxy) is 1. The Morgan fingerprint density at radius 1 is 1.33 bits per heavy atom. The van der Waals surface area contributed by atoms with Crippen LogP contribution in [0.25, 0.3) is 0 Å². The van der Waals surface area contributed by atoms with Gasteiger partial charge in [-0.05, 0) is 20.8 Å². The average Bonchev–Trinajstić information content (AvgIpc) is 2.46. The highest BCUT2D eigenvalue weighted by atomic mass is 19.4. The molecule has 2 rings (SSSR count). The van der Waals surface area contributed by atoms with E-state index in [1.807, 2.05) is 0 Å². The van der Waals surface area contributed by atoms with E-state index in [1.54, 1.807) is 20.8 Å². The molecule has 0 saturated carbocycles. The quantitative estimate of drug-likeness (QED) is 0.720. The lowest BCUT2D eigenvalue weighted by Crippen LogP contribution is -2.49. The van der Waals surface area contributed by atoms with Crippen LogP contribution >= 0.6 is 0 Å². The van der Waals surface area contributed by atoms with E-state index < -0.39 is 60.5 Å². The number of piperidine rings is 1. The molecule has 27 heavy (non-hydrogen) atoms. The van der Waals surface area contributed by atoms with Crippen LogP contribution in [0.5, 0.6) is 0 Å². The molecule has 0 aliphatic carbocycles. The summed E-state index contributed by atoms with van der Waals surface area (Å²) in [6, 6.07) is 0. The summed E-state index contributed by atoms with van der Waals surface area (Å²) in [4.78, 5) is 28.4. The van der Waals surface area contributed by atoms with Crippen LogP contribution in [-0.4, -0.2) is 51.3 Å². The van der Waals surface area contributed by atoms with Crippen molar-refractivity contribution in [3.05, 3.63) is 28.4 Å². The van der Waals surface area contributed by atoms with Crippen molar-refractivity contribution >= 4 is 6.09 Å². The van der Waals surface area contributed by atoms with Crippen LogP contribution in [0.4, 0.5) is 26.7 Å². The largest absolute Gasteiger partial charge is 0.444 e. The first-order chi connectivity index (χ1) is 12.2. The van der Waals surface area contributed by atoms with Crippen LogP contribution in [0.1, 0.15) is 38.8 Å². The lowest BCUT2D eigenvalue weighted by molar-refractivity contribution is -0.141. The minimum atomic E-state index is -4.69. The van der Waals surface area contributed by atoms with E-state index in [4.69, 9.17) is 4.74 Å². The fraction of sp³-hybridized carbons (Fsp3) is 0.688. The number of rotatable bonds is 2. The van der Waals surface area contributed by atoms with Gasteiger partial charge >= 0.3 is 12.3 Å². The van der Waals surface area contributed by atoms with Gasteiger partial charge in [-0.2, -0.15) is 13.2 Å². The van der Waals surface area contributed by atoms with Crippen molar-refractivity contribution in [1.82, 2.24) is 14.5 Å². The van der Waals surface area contributed by atoms with Gasteiger partial charge in [-0.25, -0.2) is 13.6 Å². The van der Waals surface area contributed by atoms with Gasteiger partial charge in [0.05, 0.1) is 17.8 Å². The van der Waals surface area contributed by atoms with E-state index >= 15 is 0 Å². The number of likely N-dealkylation sites (tertiary alicyclic amines) is 1. The molecule has 2 heterocycles. The third-order valence-electron chi connectivity index (χ3n) is 3.88. The zero-order valence-electron chi connectivity index (χ0n) is 15.0. The topological polar surface area (TPSA) is 64.4 Å². The van der Waals surface area contributed by atoms with Gasteiger partial charge in [-0.15, -0.1) is 0 Å². The van der Waals surface area contributed by atoms with Gasteiger partial charge in [0.15, 0.2) is 0 Å². The van der Waals surface area contributed by atoms with Crippen molar-refractivity contribution in [2.75, 3.05) is 13.1 Å². The van der Waals surface area contributed by atoms with E-state index in [0.29, 0.717) is 12.4 Å². The Hall–Kier alpha value is -2.20. The second-order valence-electron chi connectivity index (χ2n) is 7.38. The van der Waals surface area contributed by atoms with E-state index in [-0.39, 0.29) is 11.1 Å². The Kier molecular flexibility index (Phi) is 5.53. The molecule has 0 aromatic carbocycles. The smallest absolute Gasteiger partial charge is 0.410 e. The SMILES string of the molecule is CC(C)(C)OC(=O)N1CCC(F)(F)C(c2cn(CC(F)(F)F)c(=O)cn2)C1. The summed E-state index contributed by atoms with van der Waals surface area (Å²) >= 11 is 0. The van der Waals surface area contributed by atoms with Crippen LogP contribution in [0, 0.1) is 0 Å². The van der Waals surface area contributed by atoms with E-state index in [1.165, 1.54) is 0 Å². The summed E-state index contributed by atoms with van der Waals surface area (Å²) in [6.07, 6.45) is -4.94. The molecule has 1 aliphatic heterocycles. The Morgan fingerprint density at radius 3 is 2.52 bits per heavy atom. The highest BCUT2D eigenvalue weighted by molar-refractivity contribution is 5.68. The summed E-state index contributed by atoms with van der Waals surface area (Å²) in [7, 11) is 0. The van der Waals surface area contributed by atoms with Crippen LogP contribution in [-0.2, 0) is 11.3 Å². The van der Waals surface area contributed by atoms with Gasteiger partial charge < -0.3 is 14.2 Å². The summed E-state index contributed by atoms with van der Waals surface area (Å²) < 4.78 is 71.9. The predicted octanol–water partition coefficient (Wildman–Crippen LogP) is 3.17. The van der Waals surface area contributed by atoms with Crippen molar-refractivity contribution in [3.63, 3.8) is 0 Å².